The number of carbonyl (C=O) groups excluding carboxylic acids is 2. The van der Waals surface area contributed by atoms with E-state index < -0.39 is 6.17 Å². The van der Waals surface area contributed by atoms with E-state index in [1.54, 1.807) is 0 Å². The van der Waals surface area contributed by atoms with Gasteiger partial charge in [0.1, 0.15) is 6.17 Å². The molecule has 1 fully saturated rings. The van der Waals surface area contributed by atoms with Gasteiger partial charge < -0.3 is 15.5 Å². The summed E-state index contributed by atoms with van der Waals surface area (Å²) in [5.41, 5.74) is 1.17. The highest BCUT2D eigenvalue weighted by molar-refractivity contribution is 5.91. The Morgan fingerprint density at radius 3 is 2.72 bits per heavy atom. The quantitative estimate of drug-likeness (QED) is 0.741. The van der Waals surface area contributed by atoms with Crippen molar-refractivity contribution in [3.05, 3.63) is 47.8 Å². The van der Waals surface area contributed by atoms with Crippen LogP contribution in [-0.4, -0.2) is 57.1 Å². The summed E-state index contributed by atoms with van der Waals surface area (Å²) in [7, 11) is 0. The molecule has 1 aromatic heterocycles. The third kappa shape index (κ3) is 5.75. The number of urea groups is 1. The molecule has 29 heavy (non-hydrogen) atoms. The van der Waals surface area contributed by atoms with Crippen molar-refractivity contribution in [2.24, 2.45) is 5.92 Å². The molecule has 2 aromatic rings. The predicted molar refractivity (Wildman–Crippen MR) is 106 cm³/mol. The summed E-state index contributed by atoms with van der Waals surface area (Å²) in [5.74, 6) is -0.0186. The lowest BCUT2D eigenvalue weighted by Crippen LogP contribution is -2.45. The summed E-state index contributed by atoms with van der Waals surface area (Å²) >= 11 is 0. The van der Waals surface area contributed by atoms with Crippen LogP contribution < -0.4 is 10.6 Å². The Kier molecular flexibility index (Phi) is 6.79. The molecule has 2 unspecified atom stereocenters. The number of nitrogens with zero attached hydrogens (tertiary/aromatic N) is 4. The van der Waals surface area contributed by atoms with Crippen molar-refractivity contribution >= 4 is 11.9 Å². The van der Waals surface area contributed by atoms with Gasteiger partial charge in [0.25, 0.3) is 5.91 Å². The fraction of sp³-hybridized carbons (Fsp3) is 0.500. The molecule has 3 rings (SSSR count). The van der Waals surface area contributed by atoms with Crippen LogP contribution >= 0.6 is 0 Å². The molecule has 1 aromatic carbocycles. The van der Waals surface area contributed by atoms with E-state index in [0.717, 1.165) is 5.56 Å². The maximum Gasteiger partial charge on any atom is 0.317 e. The number of hydrogen-bond donors (Lipinski definition) is 2. The summed E-state index contributed by atoms with van der Waals surface area (Å²) in [6.07, 6.45) is 0.697. The number of likely N-dealkylation sites (tertiary alicyclic amines) is 1. The highest BCUT2D eigenvalue weighted by Crippen LogP contribution is 2.22. The van der Waals surface area contributed by atoms with E-state index in [9.17, 15) is 14.0 Å². The normalized spacial score (nSPS) is 18.8. The molecule has 0 bridgehead atoms. The van der Waals surface area contributed by atoms with E-state index >= 15 is 0 Å². The van der Waals surface area contributed by atoms with Crippen molar-refractivity contribution in [3.63, 3.8) is 0 Å². The van der Waals surface area contributed by atoms with Crippen LogP contribution in [-0.2, 0) is 13.1 Å². The first-order valence-corrected chi connectivity index (χ1v) is 9.83. The topological polar surface area (TPSA) is 92.2 Å². The Hall–Kier alpha value is -2.97. The molecule has 0 radical (unpaired) electrons. The van der Waals surface area contributed by atoms with E-state index in [4.69, 9.17) is 0 Å². The molecule has 1 saturated heterocycles. The lowest BCUT2D eigenvalue weighted by molar-refractivity contribution is 0.0945. The zero-order valence-corrected chi connectivity index (χ0v) is 16.7. The number of aromatic nitrogens is 3. The van der Waals surface area contributed by atoms with Gasteiger partial charge in [-0.25, -0.2) is 13.9 Å². The van der Waals surface area contributed by atoms with Gasteiger partial charge in [0.15, 0.2) is 5.69 Å². The number of nitrogens with one attached hydrogen (secondary N) is 2. The van der Waals surface area contributed by atoms with Crippen LogP contribution in [0.4, 0.5) is 9.18 Å². The van der Waals surface area contributed by atoms with Crippen LogP contribution in [0.25, 0.3) is 0 Å². The van der Waals surface area contributed by atoms with Gasteiger partial charge in [-0.3, -0.25) is 4.79 Å². The number of halogens is 1. The monoisotopic (exact) mass is 402 g/mol. The number of amides is 3. The Balaban J connectivity index is 1.56. The first-order valence-electron chi connectivity index (χ1n) is 9.83. The van der Waals surface area contributed by atoms with Gasteiger partial charge in [-0.05, 0) is 11.5 Å². The van der Waals surface area contributed by atoms with Gasteiger partial charge in [0.05, 0.1) is 25.3 Å². The molecule has 0 spiro atoms. The van der Waals surface area contributed by atoms with Gasteiger partial charge >= 0.3 is 6.03 Å². The largest absolute Gasteiger partial charge is 0.347 e. The maximum atomic E-state index is 13.9. The molecule has 2 heterocycles. The zero-order valence-electron chi connectivity index (χ0n) is 16.7. The standard InChI is InChI=1S/C20H27FN6O2/c1-14(2)9-23-20(29)27-11-16(21)8-17(27)12-26-13-18(24-25-26)19(28)22-10-15-6-4-3-5-7-15/h3-7,13-14,16-17H,8-12H2,1-2H3,(H,22,28)(H,23,29). The molecule has 2 N–H and O–H groups in total. The Morgan fingerprint density at radius 2 is 2.00 bits per heavy atom. The molecule has 3 amide bonds. The van der Waals surface area contributed by atoms with Crippen LogP contribution in [0.3, 0.4) is 0 Å². The third-order valence-electron chi connectivity index (χ3n) is 4.75. The summed E-state index contributed by atoms with van der Waals surface area (Å²) in [4.78, 5) is 26.2. The van der Waals surface area contributed by atoms with Crippen LogP contribution in [0, 0.1) is 5.92 Å². The minimum atomic E-state index is -1.07. The van der Waals surface area contributed by atoms with E-state index in [0.29, 0.717) is 19.0 Å². The molecule has 8 nitrogen and oxygen atoms in total. The zero-order chi connectivity index (χ0) is 20.8. The number of hydrogen-bond acceptors (Lipinski definition) is 4. The summed E-state index contributed by atoms with van der Waals surface area (Å²) in [5, 5.41) is 13.5. The van der Waals surface area contributed by atoms with Crippen LogP contribution in [0.1, 0.15) is 36.3 Å². The van der Waals surface area contributed by atoms with E-state index in [-0.39, 0.29) is 43.2 Å². The van der Waals surface area contributed by atoms with Crippen LogP contribution in [0.5, 0.6) is 0 Å². The molecular weight excluding hydrogens is 375 g/mol. The third-order valence-corrected chi connectivity index (χ3v) is 4.75. The summed E-state index contributed by atoms with van der Waals surface area (Å²) < 4.78 is 15.4. The van der Waals surface area contributed by atoms with Crippen molar-refractivity contribution in [2.45, 2.75) is 45.6 Å². The van der Waals surface area contributed by atoms with Crippen molar-refractivity contribution in [3.8, 4) is 0 Å². The molecule has 9 heteroatoms. The van der Waals surface area contributed by atoms with Gasteiger partial charge in [0.2, 0.25) is 0 Å². The van der Waals surface area contributed by atoms with Gasteiger partial charge in [-0.15, -0.1) is 5.10 Å². The van der Waals surface area contributed by atoms with Crippen molar-refractivity contribution < 1.29 is 14.0 Å². The van der Waals surface area contributed by atoms with Gasteiger partial charge in [-0.1, -0.05) is 49.4 Å². The number of alkyl halides is 1. The van der Waals surface area contributed by atoms with E-state index in [2.05, 4.69) is 20.9 Å². The second-order valence-electron chi connectivity index (χ2n) is 7.71. The van der Waals surface area contributed by atoms with E-state index in [1.807, 2.05) is 44.2 Å². The summed E-state index contributed by atoms with van der Waals surface area (Å²) in [6.45, 7) is 5.28. The first kappa shape index (κ1) is 20.8. The number of carbonyl (C=O) groups is 2. The molecule has 0 saturated carbocycles. The van der Waals surface area contributed by atoms with Gasteiger partial charge in [0, 0.05) is 19.5 Å². The lowest BCUT2D eigenvalue weighted by atomic mass is 10.2. The highest BCUT2D eigenvalue weighted by Gasteiger charge is 2.35. The van der Waals surface area contributed by atoms with E-state index in [1.165, 1.54) is 15.8 Å². The fourth-order valence-electron chi connectivity index (χ4n) is 3.25. The maximum absolute atomic E-state index is 13.9. The molecular formula is C20H27FN6O2. The fourth-order valence-corrected chi connectivity index (χ4v) is 3.25. The first-order chi connectivity index (χ1) is 13.9. The van der Waals surface area contributed by atoms with Crippen molar-refractivity contribution in [1.29, 1.82) is 0 Å². The lowest BCUT2D eigenvalue weighted by Gasteiger charge is -2.24. The predicted octanol–water partition coefficient (Wildman–Crippen LogP) is 1.99. The Bertz CT molecular complexity index is 825. The molecule has 1 aliphatic heterocycles. The minimum absolute atomic E-state index is 0.0632. The minimum Gasteiger partial charge on any atom is -0.347 e. The summed E-state index contributed by atoms with van der Waals surface area (Å²) in [6, 6.07) is 8.95. The SMILES string of the molecule is CC(C)CNC(=O)N1CC(F)CC1Cn1cc(C(=O)NCc2ccccc2)nn1. The number of benzene rings is 1. The van der Waals surface area contributed by atoms with Gasteiger partial charge in [-0.2, -0.15) is 0 Å². The molecule has 156 valence electrons. The highest BCUT2D eigenvalue weighted by atomic mass is 19.1. The average Bonchev–Trinajstić information content (AvgIpc) is 3.32. The number of rotatable bonds is 7. The second kappa shape index (κ2) is 9.49. The Labute approximate surface area is 169 Å². The smallest absolute Gasteiger partial charge is 0.317 e. The second-order valence-corrected chi connectivity index (χ2v) is 7.71. The van der Waals surface area contributed by atoms with Crippen molar-refractivity contribution in [1.82, 2.24) is 30.5 Å². The molecule has 2 atom stereocenters. The van der Waals surface area contributed by atoms with Crippen LogP contribution in [0.15, 0.2) is 36.5 Å². The van der Waals surface area contributed by atoms with Crippen LogP contribution in [0.2, 0.25) is 0 Å². The average molecular weight is 402 g/mol. The molecule has 0 aliphatic carbocycles. The Morgan fingerprint density at radius 1 is 1.24 bits per heavy atom. The molecule has 1 aliphatic rings. The van der Waals surface area contributed by atoms with Crippen molar-refractivity contribution in [2.75, 3.05) is 13.1 Å².